The second kappa shape index (κ2) is 1.64. The maximum atomic E-state index is 11.1. The van der Waals surface area contributed by atoms with Gasteiger partial charge in [-0.05, 0) is 0 Å². The Morgan fingerprint density at radius 2 is 1.92 bits per heavy atom. The zero-order chi connectivity index (χ0) is 8.79. The first-order valence-corrected chi connectivity index (χ1v) is 4.76. The summed E-state index contributed by atoms with van der Waals surface area (Å²) < 4.78 is 11.1. The fraction of sp³-hybridized carbons (Fsp3) is 0.889. The highest BCUT2D eigenvalue weighted by atomic mass is 16.6. The van der Waals surface area contributed by atoms with Gasteiger partial charge in [0, 0.05) is 23.7 Å². The fourth-order valence-electron chi connectivity index (χ4n) is 3.94. The topological polar surface area (TPSA) is 55.8 Å². The highest BCUT2D eigenvalue weighted by Gasteiger charge is 2.89. The largest absolute Gasteiger partial charge is 0.479 e. The average Bonchev–Trinajstić information content (AvgIpc) is 2.39. The van der Waals surface area contributed by atoms with E-state index >= 15 is 0 Å². The van der Waals surface area contributed by atoms with Gasteiger partial charge in [0.25, 0.3) is 0 Å². The van der Waals surface area contributed by atoms with E-state index in [9.17, 15) is 4.79 Å². The van der Waals surface area contributed by atoms with Crippen molar-refractivity contribution in [1.29, 1.82) is 0 Å². The summed E-state index contributed by atoms with van der Waals surface area (Å²) in [6.07, 6.45) is 0.194. The summed E-state index contributed by atoms with van der Waals surface area (Å²) in [5.41, 5.74) is -0.774. The van der Waals surface area contributed by atoms with E-state index in [0.717, 1.165) is 0 Å². The van der Waals surface area contributed by atoms with E-state index in [1.807, 2.05) is 0 Å². The van der Waals surface area contributed by atoms with E-state index in [2.05, 4.69) is 0 Å². The predicted octanol–water partition coefficient (Wildman–Crippen LogP) is -0.269. The second-order valence-corrected chi connectivity index (χ2v) is 4.60. The molecule has 1 N–H and O–H groups in total. The maximum absolute atomic E-state index is 11.1. The molecule has 5 aliphatic rings. The van der Waals surface area contributed by atoms with Crippen molar-refractivity contribution in [2.24, 2.45) is 23.7 Å². The van der Waals surface area contributed by atoms with Crippen LogP contribution in [0.4, 0.5) is 0 Å². The number of carbonyl (C=O) groups is 1. The van der Waals surface area contributed by atoms with E-state index in [4.69, 9.17) is 14.6 Å². The Morgan fingerprint density at radius 1 is 1.31 bits per heavy atom. The lowest BCUT2D eigenvalue weighted by Gasteiger charge is -2.24. The van der Waals surface area contributed by atoms with Crippen LogP contribution in [0.15, 0.2) is 0 Å². The van der Waals surface area contributed by atoms with Crippen LogP contribution in [0.1, 0.15) is 0 Å². The van der Waals surface area contributed by atoms with Crippen LogP contribution in [0.3, 0.4) is 0 Å². The number of carboxylic acid groups (broad SMARTS) is 1. The third-order valence-corrected chi connectivity index (χ3v) is 4.32. The van der Waals surface area contributed by atoms with E-state index in [-0.39, 0.29) is 17.9 Å². The molecule has 5 rings (SSSR count). The van der Waals surface area contributed by atoms with Crippen molar-refractivity contribution in [3.63, 3.8) is 0 Å². The van der Waals surface area contributed by atoms with Crippen molar-refractivity contribution in [1.82, 2.24) is 0 Å². The molecule has 4 atom stereocenters. The third-order valence-electron chi connectivity index (χ3n) is 4.32. The lowest BCUT2D eigenvalue weighted by Crippen LogP contribution is -2.32. The van der Waals surface area contributed by atoms with Crippen molar-refractivity contribution >= 4 is 5.97 Å². The molecule has 2 saturated carbocycles. The van der Waals surface area contributed by atoms with Crippen LogP contribution < -0.4 is 0 Å². The van der Waals surface area contributed by atoms with Crippen LogP contribution in [0.5, 0.6) is 0 Å². The molecule has 4 heteroatoms. The zero-order valence-electron chi connectivity index (χ0n) is 6.97. The molecule has 70 valence electrons. The second-order valence-electron chi connectivity index (χ2n) is 4.60. The maximum Gasteiger partial charge on any atom is 0.336 e. The highest BCUT2D eigenvalue weighted by molar-refractivity contribution is 5.85. The average molecular weight is 182 g/mol. The van der Waals surface area contributed by atoms with E-state index in [1.165, 1.54) is 0 Å². The first kappa shape index (κ1) is 6.79. The van der Waals surface area contributed by atoms with Gasteiger partial charge in [-0.1, -0.05) is 0 Å². The van der Waals surface area contributed by atoms with Crippen molar-refractivity contribution < 1.29 is 19.4 Å². The first-order chi connectivity index (χ1) is 6.27. The van der Waals surface area contributed by atoms with Gasteiger partial charge in [0.1, 0.15) is 0 Å². The molecule has 5 fully saturated rings. The smallest absolute Gasteiger partial charge is 0.336 e. The summed E-state index contributed by atoms with van der Waals surface area (Å²) in [6, 6.07) is 0. The molecular formula is C9H10O4. The number of carboxylic acids is 1. The van der Waals surface area contributed by atoms with Crippen LogP contribution in [-0.2, 0) is 14.3 Å². The van der Waals surface area contributed by atoms with Crippen molar-refractivity contribution in [2.75, 3.05) is 13.2 Å². The van der Waals surface area contributed by atoms with Crippen LogP contribution in [0.2, 0.25) is 0 Å². The molecule has 4 nitrogen and oxygen atoms in total. The first-order valence-electron chi connectivity index (χ1n) is 4.76. The van der Waals surface area contributed by atoms with Gasteiger partial charge < -0.3 is 14.6 Å². The zero-order valence-corrected chi connectivity index (χ0v) is 6.97. The van der Waals surface area contributed by atoms with Gasteiger partial charge >= 0.3 is 5.97 Å². The van der Waals surface area contributed by atoms with Crippen molar-refractivity contribution in [2.45, 2.75) is 11.7 Å². The van der Waals surface area contributed by atoms with E-state index in [1.54, 1.807) is 0 Å². The summed E-state index contributed by atoms with van der Waals surface area (Å²) >= 11 is 0. The lowest BCUT2D eigenvalue weighted by molar-refractivity contribution is -0.152. The van der Waals surface area contributed by atoms with Gasteiger partial charge in [0.15, 0.2) is 5.60 Å². The van der Waals surface area contributed by atoms with Gasteiger partial charge in [0.05, 0.1) is 19.3 Å². The lowest BCUT2D eigenvalue weighted by atomic mass is 9.92. The molecule has 0 aromatic carbocycles. The minimum atomic E-state index is -0.774. The molecule has 3 saturated heterocycles. The Balaban J connectivity index is 1.83. The summed E-state index contributed by atoms with van der Waals surface area (Å²) in [6.45, 7) is 1.41. The SMILES string of the molecule is O=C(O)C12OC3C4COCC3C1C42. The normalized spacial score (nSPS) is 65.4. The van der Waals surface area contributed by atoms with Crippen LogP contribution in [-0.4, -0.2) is 36.0 Å². The molecule has 0 radical (unpaired) electrons. The molecule has 4 unspecified atom stereocenters. The number of ether oxygens (including phenoxy) is 2. The summed E-state index contributed by atoms with van der Waals surface area (Å²) in [7, 11) is 0. The van der Waals surface area contributed by atoms with Crippen LogP contribution >= 0.6 is 0 Å². The van der Waals surface area contributed by atoms with Gasteiger partial charge in [0.2, 0.25) is 0 Å². The molecule has 0 aromatic rings. The van der Waals surface area contributed by atoms with E-state index < -0.39 is 11.6 Å². The molecule has 0 amide bonds. The monoisotopic (exact) mass is 182 g/mol. The standard InChI is InChI=1S/C9H10O4/c10-8(11)9-5-3-1-12-2-4(6(5)9)7(3)13-9/h3-7H,1-2H2,(H,10,11). The highest BCUT2D eigenvalue weighted by Crippen LogP contribution is 2.76. The summed E-state index contributed by atoms with van der Waals surface area (Å²) in [4.78, 5) is 11.1. The molecule has 13 heavy (non-hydrogen) atoms. The number of hydrogen-bond donors (Lipinski definition) is 1. The number of hydrogen-bond acceptors (Lipinski definition) is 3. The molecular weight excluding hydrogens is 172 g/mol. The Morgan fingerprint density at radius 3 is 2.31 bits per heavy atom. The van der Waals surface area contributed by atoms with Crippen LogP contribution in [0.25, 0.3) is 0 Å². The van der Waals surface area contributed by atoms with Crippen molar-refractivity contribution in [3.05, 3.63) is 0 Å². The Labute approximate surface area is 74.8 Å². The third kappa shape index (κ3) is 0.467. The number of rotatable bonds is 1. The molecule has 0 spiro atoms. The summed E-state index contributed by atoms with van der Waals surface area (Å²) in [5, 5.41) is 9.10. The quantitative estimate of drug-likeness (QED) is 0.606. The van der Waals surface area contributed by atoms with Crippen molar-refractivity contribution in [3.8, 4) is 0 Å². The van der Waals surface area contributed by atoms with Gasteiger partial charge in [-0.2, -0.15) is 0 Å². The molecule has 2 aliphatic carbocycles. The fourth-order valence-corrected chi connectivity index (χ4v) is 3.94. The molecule has 0 aromatic heterocycles. The minimum Gasteiger partial charge on any atom is -0.479 e. The Kier molecular flexibility index (Phi) is 0.856. The molecule has 3 heterocycles. The van der Waals surface area contributed by atoms with Gasteiger partial charge in [-0.25, -0.2) is 4.79 Å². The molecule has 3 aliphatic heterocycles. The van der Waals surface area contributed by atoms with Gasteiger partial charge in [-0.3, -0.25) is 0 Å². The Hall–Kier alpha value is -0.610. The van der Waals surface area contributed by atoms with Crippen LogP contribution in [0, 0.1) is 23.7 Å². The number of aliphatic carboxylic acids is 1. The summed E-state index contributed by atoms with van der Waals surface area (Å²) in [5.74, 6) is 0.532. The van der Waals surface area contributed by atoms with Gasteiger partial charge in [-0.15, -0.1) is 0 Å². The van der Waals surface area contributed by atoms with E-state index in [0.29, 0.717) is 25.0 Å². The minimum absolute atomic E-state index is 0.194. The Bertz CT molecular complexity index is 295. The molecule has 6 bridgehead atoms. The predicted molar refractivity (Wildman–Crippen MR) is 40.0 cm³/mol.